The van der Waals surface area contributed by atoms with Crippen molar-refractivity contribution >= 4 is 16.8 Å². The number of likely N-dealkylation sites (tertiary alicyclic amines) is 1. The molecule has 0 amide bonds. The molecular weight excluding hydrogens is 567 g/mol. The second-order valence-electron chi connectivity index (χ2n) is 10.4. The number of carbonyl (C=O) groups excluding carboxylic acids is 1. The van der Waals surface area contributed by atoms with Crippen molar-refractivity contribution in [2.24, 2.45) is 0 Å². The Labute approximate surface area is 248 Å². The monoisotopic (exact) mass is 608 g/mol. The summed E-state index contributed by atoms with van der Waals surface area (Å²) < 4.78 is 29.9. The molecule has 0 spiro atoms. The summed E-state index contributed by atoms with van der Waals surface area (Å²) in [4.78, 5) is 13.9. The van der Waals surface area contributed by atoms with Crippen LogP contribution in [0.2, 0.25) is 0 Å². The van der Waals surface area contributed by atoms with E-state index in [9.17, 15) is 9.18 Å². The van der Waals surface area contributed by atoms with E-state index in [1.54, 1.807) is 31.4 Å². The van der Waals surface area contributed by atoms with Crippen molar-refractivity contribution in [3.05, 3.63) is 53.5 Å². The summed E-state index contributed by atoms with van der Waals surface area (Å²) in [5.74, 6) is 1.26. The third kappa shape index (κ3) is 9.41. The van der Waals surface area contributed by atoms with Gasteiger partial charge in [-0.05, 0) is 69.6 Å². The Morgan fingerprint density at radius 3 is 2.26 bits per heavy atom. The number of nitrogens with zero attached hydrogens (tertiary/aromatic N) is 2. The predicted molar refractivity (Wildman–Crippen MR) is 154 cm³/mol. The maximum absolute atomic E-state index is 13.4. The van der Waals surface area contributed by atoms with E-state index in [-0.39, 0.29) is 11.6 Å². The SMILES string of the molecule is COc1cc(C(C)=O)ccc1OCCCN1CCC(c2noc3cc(F)ccc23)CC1.OC[C@@H](O)[C@@H](O)[C@H](O)[C@H](O)CO. The molecule has 2 aromatic carbocycles. The molecular formula is C30H41FN2O10. The summed E-state index contributed by atoms with van der Waals surface area (Å²) in [6.45, 7) is 3.57. The normalized spacial score (nSPS) is 17.0. The van der Waals surface area contributed by atoms with E-state index in [1.807, 2.05) is 0 Å². The van der Waals surface area contributed by atoms with Gasteiger partial charge in [-0.3, -0.25) is 4.79 Å². The molecule has 0 aliphatic carbocycles. The van der Waals surface area contributed by atoms with Crippen LogP contribution in [0.3, 0.4) is 0 Å². The average Bonchev–Trinajstić information content (AvgIpc) is 3.45. The number of hydrogen-bond acceptors (Lipinski definition) is 12. The molecule has 12 nitrogen and oxygen atoms in total. The third-order valence-corrected chi connectivity index (χ3v) is 7.40. The number of benzene rings is 2. The van der Waals surface area contributed by atoms with E-state index < -0.39 is 37.6 Å². The molecule has 43 heavy (non-hydrogen) atoms. The third-order valence-electron chi connectivity index (χ3n) is 7.40. The number of rotatable bonds is 13. The van der Waals surface area contributed by atoms with Gasteiger partial charge in [0.2, 0.25) is 0 Å². The Morgan fingerprint density at radius 2 is 1.67 bits per heavy atom. The summed E-state index contributed by atoms with van der Waals surface area (Å²) in [7, 11) is 1.57. The number of hydrogen-bond donors (Lipinski definition) is 6. The zero-order chi connectivity index (χ0) is 31.5. The number of aliphatic hydroxyl groups excluding tert-OH is 6. The number of halogens is 1. The molecule has 2 heterocycles. The highest BCUT2D eigenvalue weighted by molar-refractivity contribution is 5.94. The van der Waals surface area contributed by atoms with E-state index in [0.717, 1.165) is 50.0 Å². The van der Waals surface area contributed by atoms with Crippen molar-refractivity contribution in [2.75, 3.05) is 46.6 Å². The van der Waals surface area contributed by atoms with Crippen LogP contribution in [-0.2, 0) is 0 Å². The lowest BCUT2D eigenvalue weighted by Crippen LogP contribution is -2.46. The van der Waals surface area contributed by atoms with E-state index in [0.29, 0.717) is 35.2 Å². The molecule has 238 valence electrons. The number of ether oxygens (including phenoxy) is 2. The second kappa shape index (κ2) is 16.6. The van der Waals surface area contributed by atoms with Crippen LogP contribution in [0, 0.1) is 5.82 Å². The zero-order valence-electron chi connectivity index (χ0n) is 24.3. The van der Waals surface area contributed by atoms with Crippen LogP contribution in [-0.4, -0.2) is 117 Å². The van der Waals surface area contributed by atoms with Gasteiger partial charge >= 0.3 is 0 Å². The van der Waals surface area contributed by atoms with Crippen LogP contribution >= 0.6 is 0 Å². The first kappa shape index (κ1) is 34.3. The van der Waals surface area contributed by atoms with Gasteiger partial charge in [0, 0.05) is 29.5 Å². The van der Waals surface area contributed by atoms with E-state index in [4.69, 9.17) is 44.6 Å². The minimum Gasteiger partial charge on any atom is -0.493 e. The molecule has 1 fully saturated rings. The fraction of sp³-hybridized carbons (Fsp3) is 0.533. The van der Waals surface area contributed by atoms with Crippen molar-refractivity contribution in [1.82, 2.24) is 10.1 Å². The average molecular weight is 609 g/mol. The highest BCUT2D eigenvalue weighted by atomic mass is 19.1. The Bertz CT molecular complexity index is 1280. The number of fused-ring (bicyclic) bond motifs is 1. The quantitative estimate of drug-likeness (QED) is 0.121. The Morgan fingerprint density at radius 1 is 1.02 bits per heavy atom. The highest BCUT2D eigenvalue weighted by Crippen LogP contribution is 2.33. The molecule has 4 atom stereocenters. The first-order chi connectivity index (χ1) is 20.6. The van der Waals surface area contributed by atoms with Gasteiger partial charge in [0.05, 0.1) is 32.6 Å². The summed E-state index contributed by atoms with van der Waals surface area (Å²) in [6, 6.07) is 9.87. The molecule has 4 rings (SSSR count). The smallest absolute Gasteiger partial charge is 0.170 e. The number of carbonyl (C=O) groups is 1. The summed E-state index contributed by atoms with van der Waals surface area (Å²) in [6.07, 6.45) is -3.49. The Balaban J connectivity index is 0.000000359. The highest BCUT2D eigenvalue weighted by Gasteiger charge is 2.29. The molecule has 1 aromatic heterocycles. The number of aliphatic hydroxyl groups is 6. The van der Waals surface area contributed by atoms with Crippen molar-refractivity contribution in [2.45, 2.75) is 56.5 Å². The predicted octanol–water partition coefficient (Wildman–Crippen LogP) is 1.24. The van der Waals surface area contributed by atoms with Gasteiger partial charge in [0.25, 0.3) is 0 Å². The van der Waals surface area contributed by atoms with Crippen molar-refractivity contribution in [3.63, 3.8) is 0 Å². The zero-order valence-corrected chi connectivity index (χ0v) is 24.3. The Kier molecular flexibility index (Phi) is 13.3. The minimum absolute atomic E-state index is 0.000894. The first-order valence-electron chi connectivity index (χ1n) is 14.1. The molecule has 0 bridgehead atoms. The summed E-state index contributed by atoms with van der Waals surface area (Å²) in [5, 5.41) is 57.3. The number of ketones is 1. The molecule has 13 heteroatoms. The lowest BCUT2D eigenvalue weighted by Gasteiger charge is -2.31. The molecule has 3 aromatic rings. The van der Waals surface area contributed by atoms with Crippen molar-refractivity contribution in [3.8, 4) is 11.5 Å². The van der Waals surface area contributed by atoms with Crippen LogP contribution in [0.25, 0.3) is 11.0 Å². The number of piperidine rings is 1. The van der Waals surface area contributed by atoms with Gasteiger partial charge in [0.1, 0.15) is 30.2 Å². The van der Waals surface area contributed by atoms with Crippen LogP contribution in [0.15, 0.2) is 40.9 Å². The van der Waals surface area contributed by atoms with Gasteiger partial charge in [-0.2, -0.15) is 0 Å². The molecule has 6 N–H and O–H groups in total. The van der Waals surface area contributed by atoms with Crippen LogP contribution in [0.5, 0.6) is 11.5 Å². The summed E-state index contributed by atoms with van der Waals surface area (Å²) >= 11 is 0. The molecule has 0 radical (unpaired) electrons. The number of Topliss-reactive ketones (excluding diaryl/α,β-unsaturated/α-hetero) is 1. The van der Waals surface area contributed by atoms with Crippen molar-refractivity contribution < 1.29 is 53.8 Å². The van der Waals surface area contributed by atoms with Gasteiger partial charge in [-0.15, -0.1) is 0 Å². The van der Waals surface area contributed by atoms with Gasteiger partial charge in [0.15, 0.2) is 22.9 Å². The second-order valence-corrected chi connectivity index (χ2v) is 10.4. The summed E-state index contributed by atoms with van der Waals surface area (Å²) in [5.41, 5.74) is 2.07. The lowest BCUT2D eigenvalue weighted by atomic mass is 9.91. The van der Waals surface area contributed by atoms with E-state index in [1.165, 1.54) is 19.1 Å². The maximum atomic E-state index is 13.4. The van der Waals surface area contributed by atoms with Crippen LogP contribution < -0.4 is 9.47 Å². The van der Waals surface area contributed by atoms with Crippen molar-refractivity contribution in [1.29, 1.82) is 0 Å². The molecule has 1 aliphatic rings. The largest absolute Gasteiger partial charge is 0.493 e. The van der Waals surface area contributed by atoms with Gasteiger partial charge in [-0.25, -0.2) is 4.39 Å². The lowest BCUT2D eigenvalue weighted by molar-refractivity contribution is -0.123. The number of aromatic nitrogens is 1. The Hall–Kier alpha value is -3.17. The molecule has 1 saturated heterocycles. The van der Waals surface area contributed by atoms with E-state index in [2.05, 4.69) is 10.1 Å². The van der Waals surface area contributed by atoms with E-state index >= 15 is 0 Å². The topological polar surface area (TPSA) is 186 Å². The minimum atomic E-state index is -1.67. The van der Waals surface area contributed by atoms with Gasteiger partial charge < -0.3 is 49.5 Å². The molecule has 1 aliphatic heterocycles. The fourth-order valence-electron chi connectivity index (χ4n) is 4.80. The first-order valence-corrected chi connectivity index (χ1v) is 14.1. The van der Waals surface area contributed by atoms with Crippen LogP contribution in [0.1, 0.15) is 48.2 Å². The maximum Gasteiger partial charge on any atom is 0.170 e. The number of methoxy groups -OCH3 is 1. The van der Waals surface area contributed by atoms with Crippen LogP contribution in [0.4, 0.5) is 4.39 Å². The molecule has 0 saturated carbocycles. The standard InChI is InChI=1S/C24H27FN2O4.C6H14O6/c1-16(28)18-4-7-21(23(14-18)29-2)30-13-3-10-27-11-8-17(9-12-27)24-20-6-5-19(25)15-22(20)31-26-24;7-1-3(9)5(11)6(12)4(10)2-8/h4-7,14-15,17H,3,8-13H2,1-2H3;3-12H,1-2H2/t;3-,4-,5-,6-/m.1/s1. The fourth-order valence-corrected chi connectivity index (χ4v) is 4.80. The van der Waals surface area contributed by atoms with Gasteiger partial charge in [-0.1, -0.05) is 5.16 Å². The molecule has 0 unspecified atom stereocenters.